The maximum Gasteiger partial charge on any atom is 0.166 e. The Kier molecular flexibility index (Phi) is 5.81. The third-order valence-electron chi connectivity index (χ3n) is 6.34. The molecular formula is C25H32N3O+. The molecule has 1 aliphatic carbocycles. The van der Waals surface area contributed by atoms with Crippen LogP contribution in [-0.2, 0) is 25.8 Å². The van der Waals surface area contributed by atoms with E-state index >= 15 is 0 Å². The van der Waals surface area contributed by atoms with Gasteiger partial charge in [0.05, 0.1) is 6.54 Å². The molecule has 4 rings (SSSR count). The number of imidazole rings is 1. The number of carbonyl (C=O) groups is 1. The zero-order valence-electron chi connectivity index (χ0n) is 17.8. The number of rotatable bonds is 9. The summed E-state index contributed by atoms with van der Waals surface area (Å²) in [5.41, 5.74) is 6.03. The largest absolute Gasteiger partial charge is 0.346 e. The normalized spacial score (nSPS) is 13.9. The van der Waals surface area contributed by atoms with Crippen molar-refractivity contribution in [1.29, 1.82) is 0 Å². The van der Waals surface area contributed by atoms with E-state index in [1.54, 1.807) is 0 Å². The zero-order valence-corrected chi connectivity index (χ0v) is 17.8. The number of hydrogen-bond acceptors (Lipinski definition) is 2. The van der Waals surface area contributed by atoms with Crippen LogP contribution >= 0.6 is 0 Å². The summed E-state index contributed by atoms with van der Waals surface area (Å²) in [6, 6.07) is 10.7. The first-order valence-electron chi connectivity index (χ1n) is 11.0. The number of aryl methyl sites for hydroxylation is 4. The summed E-state index contributed by atoms with van der Waals surface area (Å²) in [5, 5.41) is 4.79. The van der Waals surface area contributed by atoms with Gasteiger partial charge in [-0.15, -0.1) is 0 Å². The van der Waals surface area contributed by atoms with Crippen LogP contribution in [0.15, 0.2) is 30.3 Å². The first-order chi connectivity index (χ1) is 14.1. The highest BCUT2D eigenvalue weighted by Gasteiger charge is 2.21. The molecule has 0 aliphatic heterocycles. The number of hydrogen-bond donors (Lipinski definition) is 2. The second-order valence-electron chi connectivity index (χ2n) is 8.41. The van der Waals surface area contributed by atoms with E-state index in [9.17, 15) is 4.79 Å². The molecule has 1 aliphatic rings. The first-order valence-corrected chi connectivity index (χ1v) is 11.0. The van der Waals surface area contributed by atoms with Gasteiger partial charge in [0.2, 0.25) is 0 Å². The van der Waals surface area contributed by atoms with Gasteiger partial charge in [-0.1, -0.05) is 44.2 Å². The Labute approximate surface area is 173 Å². The van der Waals surface area contributed by atoms with Crippen LogP contribution in [0.4, 0.5) is 0 Å². The van der Waals surface area contributed by atoms with Crippen molar-refractivity contribution < 1.29 is 10.1 Å². The van der Waals surface area contributed by atoms with Crippen LogP contribution in [0.1, 0.15) is 65.4 Å². The Morgan fingerprint density at radius 2 is 2.00 bits per heavy atom. The van der Waals surface area contributed by atoms with Gasteiger partial charge in [0.15, 0.2) is 5.78 Å². The Hall–Kier alpha value is -2.46. The summed E-state index contributed by atoms with van der Waals surface area (Å²) in [6.07, 6.45) is 5.11. The highest BCUT2D eigenvalue weighted by molar-refractivity contribution is 6.10. The van der Waals surface area contributed by atoms with E-state index in [1.165, 1.54) is 22.2 Å². The smallest absolute Gasteiger partial charge is 0.166 e. The number of benzene rings is 2. The summed E-state index contributed by atoms with van der Waals surface area (Å²) < 4.78 is 0. The lowest BCUT2D eigenvalue weighted by atomic mass is 9.90. The highest BCUT2D eigenvalue weighted by atomic mass is 16.1. The van der Waals surface area contributed by atoms with Gasteiger partial charge in [0.25, 0.3) is 0 Å². The zero-order chi connectivity index (χ0) is 20.4. The number of quaternary nitrogens is 1. The van der Waals surface area contributed by atoms with Crippen molar-refractivity contribution in [3.05, 3.63) is 64.2 Å². The minimum atomic E-state index is 0.0562. The van der Waals surface area contributed by atoms with Gasteiger partial charge in [-0.05, 0) is 54.5 Å². The number of ketones is 1. The van der Waals surface area contributed by atoms with Gasteiger partial charge in [0.1, 0.15) is 18.1 Å². The van der Waals surface area contributed by atoms with Crippen LogP contribution in [0.2, 0.25) is 0 Å². The van der Waals surface area contributed by atoms with Gasteiger partial charge >= 0.3 is 0 Å². The summed E-state index contributed by atoms with van der Waals surface area (Å²) >= 11 is 0. The van der Waals surface area contributed by atoms with Crippen LogP contribution in [0.25, 0.3) is 10.8 Å². The number of nitrogens with zero attached hydrogens (tertiary/aromatic N) is 1. The lowest BCUT2D eigenvalue weighted by Crippen LogP contribution is -2.82. The molecule has 4 heteroatoms. The number of aromatic amines is 1. The fourth-order valence-corrected chi connectivity index (χ4v) is 4.59. The molecule has 4 nitrogen and oxygen atoms in total. The minimum Gasteiger partial charge on any atom is -0.346 e. The Balaban J connectivity index is 1.32. The monoisotopic (exact) mass is 390 g/mol. The molecule has 3 aromatic rings. The van der Waals surface area contributed by atoms with Crippen molar-refractivity contribution in [3.63, 3.8) is 0 Å². The van der Waals surface area contributed by atoms with Crippen molar-refractivity contribution in [2.75, 3.05) is 6.54 Å². The molecule has 1 heterocycles. The van der Waals surface area contributed by atoms with E-state index in [0.29, 0.717) is 0 Å². The van der Waals surface area contributed by atoms with Crippen molar-refractivity contribution in [3.8, 4) is 0 Å². The topological polar surface area (TPSA) is 62.4 Å². The number of aromatic nitrogens is 2. The molecule has 29 heavy (non-hydrogen) atoms. The van der Waals surface area contributed by atoms with Gasteiger partial charge in [0, 0.05) is 23.6 Å². The summed E-state index contributed by atoms with van der Waals surface area (Å²) in [5.74, 6) is 1.41. The number of nitrogens with one attached hydrogen (secondary N) is 1. The van der Waals surface area contributed by atoms with Crippen LogP contribution in [0.5, 0.6) is 0 Å². The molecule has 0 saturated carbocycles. The predicted octanol–water partition coefficient (Wildman–Crippen LogP) is 3.89. The maximum atomic E-state index is 13.1. The Morgan fingerprint density at radius 3 is 2.76 bits per heavy atom. The van der Waals surface area contributed by atoms with Crippen molar-refractivity contribution >= 4 is 16.6 Å². The molecule has 0 bridgehead atoms. The predicted molar refractivity (Wildman–Crippen MR) is 117 cm³/mol. The summed E-state index contributed by atoms with van der Waals surface area (Å²) in [4.78, 5) is 21.1. The third kappa shape index (κ3) is 3.99. The van der Waals surface area contributed by atoms with E-state index in [4.69, 9.17) is 0 Å². The van der Waals surface area contributed by atoms with E-state index in [1.807, 2.05) is 0 Å². The number of carbonyl (C=O) groups excluding carboxylic acids is 1. The molecule has 0 saturated heterocycles. The second-order valence-corrected chi connectivity index (χ2v) is 8.41. The molecule has 0 unspecified atom stereocenters. The molecule has 1 atom stereocenters. The lowest BCUT2D eigenvalue weighted by molar-refractivity contribution is -0.671. The summed E-state index contributed by atoms with van der Waals surface area (Å²) in [7, 11) is 0. The quantitative estimate of drug-likeness (QED) is 0.430. The van der Waals surface area contributed by atoms with E-state index in [-0.39, 0.29) is 11.7 Å². The van der Waals surface area contributed by atoms with Gasteiger partial charge < -0.3 is 10.3 Å². The van der Waals surface area contributed by atoms with Crippen molar-refractivity contribution in [2.45, 2.75) is 59.4 Å². The average molecular weight is 391 g/mol. The van der Waals surface area contributed by atoms with Gasteiger partial charge in [-0.25, -0.2) is 4.98 Å². The SMILES string of the molecule is CCc1nc(C[NH2+]CCC[C@H](C)C(=O)c2ccc3c4c(cccc24)CC3)c(C)[nH]1. The molecule has 152 valence electrons. The van der Waals surface area contributed by atoms with Crippen LogP contribution < -0.4 is 5.32 Å². The van der Waals surface area contributed by atoms with Gasteiger partial charge in [-0.2, -0.15) is 0 Å². The minimum absolute atomic E-state index is 0.0562. The fraction of sp³-hybridized carbons (Fsp3) is 0.440. The molecule has 0 spiro atoms. The van der Waals surface area contributed by atoms with Gasteiger partial charge in [-0.3, -0.25) is 4.79 Å². The van der Waals surface area contributed by atoms with Crippen molar-refractivity contribution in [2.24, 2.45) is 5.92 Å². The van der Waals surface area contributed by atoms with Crippen LogP contribution in [0, 0.1) is 12.8 Å². The molecule has 0 fully saturated rings. The molecule has 1 aromatic heterocycles. The summed E-state index contributed by atoms with van der Waals surface area (Å²) in [6.45, 7) is 8.21. The third-order valence-corrected chi connectivity index (χ3v) is 6.34. The number of Topliss-reactive ketones (excluding diaryl/α,β-unsaturated/α-hetero) is 1. The molecule has 0 amide bonds. The maximum absolute atomic E-state index is 13.1. The molecular weight excluding hydrogens is 358 g/mol. The Bertz CT molecular complexity index is 1020. The fourth-order valence-electron chi connectivity index (χ4n) is 4.59. The average Bonchev–Trinajstić information content (AvgIpc) is 3.32. The van der Waals surface area contributed by atoms with E-state index in [0.717, 1.165) is 67.7 Å². The number of nitrogens with two attached hydrogens (primary N) is 1. The molecule has 0 radical (unpaired) electrons. The van der Waals surface area contributed by atoms with Crippen LogP contribution in [0.3, 0.4) is 0 Å². The first kappa shape index (κ1) is 19.8. The highest BCUT2D eigenvalue weighted by Crippen LogP contribution is 2.33. The lowest BCUT2D eigenvalue weighted by Gasteiger charge is -2.13. The standard InChI is InChI=1S/C25H31N3O/c1-4-23-27-17(3)22(28-23)15-26-14-6-7-16(2)25(29)21-13-12-19-11-10-18-8-5-9-20(21)24(18)19/h5,8-9,12-13,16,26H,4,6-7,10-11,14-15H2,1-3H3,(H,27,28)/p+1/t16-/m0/s1. The van der Waals surface area contributed by atoms with Crippen molar-refractivity contribution in [1.82, 2.24) is 9.97 Å². The molecule has 2 aromatic carbocycles. The number of H-pyrrole nitrogens is 1. The van der Waals surface area contributed by atoms with E-state index < -0.39 is 0 Å². The van der Waals surface area contributed by atoms with Crippen LogP contribution in [-0.4, -0.2) is 22.3 Å². The Morgan fingerprint density at radius 1 is 1.21 bits per heavy atom. The molecule has 3 N–H and O–H groups in total. The van der Waals surface area contributed by atoms with E-state index in [2.05, 4.69) is 66.4 Å². The second kappa shape index (κ2) is 8.50.